The van der Waals surface area contributed by atoms with Crippen molar-refractivity contribution in [2.75, 3.05) is 9.80 Å². The lowest BCUT2D eigenvalue weighted by atomic mass is 9.67. The van der Waals surface area contributed by atoms with E-state index in [0.29, 0.717) is 0 Å². The van der Waals surface area contributed by atoms with E-state index in [9.17, 15) is 0 Å². The summed E-state index contributed by atoms with van der Waals surface area (Å²) in [6.45, 7) is 0. The highest BCUT2D eigenvalue weighted by atomic mass is 16.3. The third-order valence-electron chi connectivity index (χ3n) is 24.7. The zero-order valence-electron chi connectivity index (χ0n) is 65.7. The van der Waals surface area contributed by atoms with Crippen LogP contribution in [0.3, 0.4) is 0 Å². The molecule has 0 saturated heterocycles. The predicted molar refractivity (Wildman–Crippen MR) is 499 cm³/mol. The third kappa shape index (κ3) is 12.1. The van der Waals surface area contributed by atoms with E-state index in [-0.39, 0.29) is 0 Å². The van der Waals surface area contributed by atoms with Crippen molar-refractivity contribution in [1.82, 2.24) is 0 Å². The molecule has 2 aliphatic carbocycles. The van der Waals surface area contributed by atoms with E-state index in [1.165, 1.54) is 122 Å². The van der Waals surface area contributed by atoms with Crippen LogP contribution in [0.5, 0.6) is 0 Å². The van der Waals surface area contributed by atoms with E-state index in [1.54, 1.807) is 0 Å². The summed E-state index contributed by atoms with van der Waals surface area (Å²) in [5, 5.41) is 4.39. The first-order chi connectivity index (χ1) is 59.5. The Labute approximate surface area is 698 Å². The summed E-state index contributed by atoms with van der Waals surface area (Å²) in [5.41, 5.74) is 35.7. The number of hydrogen-bond acceptors (Lipinski definition) is 4. The Morgan fingerprint density at radius 1 is 0.150 bits per heavy atom. The number of rotatable bonds is 15. The molecule has 564 valence electrons. The highest BCUT2D eigenvalue weighted by molar-refractivity contribution is 6.08. The minimum absolute atomic E-state index is 0.485. The van der Waals surface area contributed by atoms with Crippen molar-refractivity contribution in [3.05, 3.63) is 518 Å². The van der Waals surface area contributed by atoms with Gasteiger partial charge in [-0.3, -0.25) is 0 Å². The molecule has 4 heteroatoms. The smallest absolute Gasteiger partial charge is 0.137 e. The molecule has 0 atom stereocenters. The van der Waals surface area contributed by atoms with Crippen LogP contribution in [-0.2, 0) is 10.8 Å². The van der Waals surface area contributed by atoms with Crippen molar-refractivity contribution in [1.29, 1.82) is 0 Å². The van der Waals surface area contributed by atoms with Gasteiger partial charge in [-0.05, 0) is 213 Å². The first-order valence-electron chi connectivity index (χ1n) is 41.2. The van der Waals surface area contributed by atoms with E-state index in [1.807, 2.05) is 0 Å². The van der Waals surface area contributed by atoms with Crippen LogP contribution in [0.4, 0.5) is 34.1 Å². The minimum Gasteiger partial charge on any atom is -0.456 e. The molecule has 4 nitrogen and oxygen atoms in total. The molecule has 23 rings (SSSR count). The van der Waals surface area contributed by atoms with Crippen LogP contribution in [0.2, 0.25) is 0 Å². The van der Waals surface area contributed by atoms with Gasteiger partial charge in [-0.25, -0.2) is 0 Å². The minimum atomic E-state index is -0.565. The lowest BCUT2D eigenvalue weighted by Gasteiger charge is -2.34. The fourth-order valence-corrected chi connectivity index (χ4v) is 19.2. The second-order valence-electron chi connectivity index (χ2n) is 31.3. The van der Waals surface area contributed by atoms with Crippen molar-refractivity contribution < 1.29 is 8.83 Å². The molecule has 0 amide bonds. The normalized spacial score (nSPS) is 12.6. The molecule has 0 N–H and O–H groups in total. The van der Waals surface area contributed by atoms with Crippen molar-refractivity contribution in [3.8, 4) is 77.9 Å². The molecule has 2 aliphatic rings. The van der Waals surface area contributed by atoms with Crippen molar-refractivity contribution >= 4 is 78.0 Å². The highest BCUT2D eigenvalue weighted by Gasteiger charge is 2.48. The largest absolute Gasteiger partial charge is 0.456 e. The second kappa shape index (κ2) is 29.9. The SMILES string of the molecule is c1ccc(-c2ccc(N(c3ccc(-c4ccccc4)cc3)c3ccc4c(c3)oc3cc(C5(c6cccc(-c7ccccc7)c6)c6ccccc6-c6ccccc65)ccc34)cc2)cc1.c1ccc(-c2ccc(N(c3ccc(-c4ccccc4)cc3)c3ccc4c(c3)oc3cc(C5(c6ccccc6)c6ccccc6-c6ccccc65)ccc34)cc2)cc1. The Hall–Kier alpha value is -15.6. The molecule has 120 heavy (non-hydrogen) atoms. The molecular weight excluding hydrogens is 1450 g/mol. The summed E-state index contributed by atoms with van der Waals surface area (Å²) in [4.78, 5) is 4.64. The quantitative estimate of drug-likeness (QED) is 0.102. The van der Waals surface area contributed by atoms with Crippen molar-refractivity contribution in [2.45, 2.75) is 10.8 Å². The molecule has 0 radical (unpaired) electrons. The zero-order valence-corrected chi connectivity index (χ0v) is 65.7. The van der Waals surface area contributed by atoms with Gasteiger partial charge in [-0.1, -0.05) is 370 Å². The molecule has 0 spiro atoms. The first kappa shape index (κ1) is 71.0. The van der Waals surface area contributed by atoms with Crippen LogP contribution in [0.1, 0.15) is 44.5 Å². The standard InChI is InChI=1S/C61H41NO.C55H37NO/c1-4-15-42(16-5-1)45-27-32-50(33-28-45)62(51-34-29-46(30-35-51)43-17-6-2-7-18-43)52-36-38-56-55-37-31-49(40-59(55)63-60(56)41-52)61(48-22-14-21-47(39-48)44-19-8-3-9-20-44)57-25-12-10-23-53(57)54-24-11-13-26-58(54)61;1-4-14-38(15-5-1)40-24-29-44(30-25-40)56(45-31-26-41(27-32-45)39-16-6-2-7-17-39)46-33-35-50-49-34-28-43(36-53(49)57-54(50)37-46)55(42-18-8-3-9-19-42)51-22-12-10-20-47(51)48-21-11-13-23-52(48)55/h1-41H;1-37H. The fraction of sp³-hybridized carbons (Fsp3) is 0.0172. The lowest BCUT2D eigenvalue weighted by molar-refractivity contribution is 0.665. The predicted octanol–water partition coefficient (Wildman–Crippen LogP) is 31.2. The van der Waals surface area contributed by atoms with Crippen LogP contribution in [0.25, 0.3) is 122 Å². The fourth-order valence-electron chi connectivity index (χ4n) is 19.2. The van der Waals surface area contributed by atoms with E-state index in [0.717, 1.165) is 78.0 Å². The lowest BCUT2D eigenvalue weighted by Crippen LogP contribution is -2.28. The molecule has 0 bridgehead atoms. The van der Waals surface area contributed by atoms with Gasteiger partial charge in [0.15, 0.2) is 0 Å². The molecule has 21 aromatic rings. The average molecular weight is 1530 g/mol. The van der Waals surface area contributed by atoms with Gasteiger partial charge in [0, 0.05) is 67.8 Å². The van der Waals surface area contributed by atoms with Crippen LogP contribution in [0, 0.1) is 0 Å². The van der Waals surface area contributed by atoms with Crippen molar-refractivity contribution in [3.63, 3.8) is 0 Å². The Balaban J connectivity index is 0.000000145. The Bertz CT molecular complexity index is 7090. The average Bonchev–Trinajstić information content (AvgIpc) is 1.54. The Kier molecular flexibility index (Phi) is 17.7. The summed E-state index contributed by atoms with van der Waals surface area (Å²) >= 11 is 0. The van der Waals surface area contributed by atoms with Gasteiger partial charge in [-0.15, -0.1) is 0 Å². The molecule has 2 heterocycles. The molecule has 19 aromatic carbocycles. The summed E-state index contributed by atoms with van der Waals surface area (Å²) in [6, 6.07) is 171. The van der Waals surface area contributed by atoms with Crippen LogP contribution in [-0.4, -0.2) is 0 Å². The van der Waals surface area contributed by atoms with Gasteiger partial charge in [0.2, 0.25) is 0 Å². The van der Waals surface area contributed by atoms with Crippen molar-refractivity contribution in [2.24, 2.45) is 0 Å². The summed E-state index contributed by atoms with van der Waals surface area (Å²) in [6.07, 6.45) is 0. The van der Waals surface area contributed by atoms with E-state index in [4.69, 9.17) is 8.83 Å². The van der Waals surface area contributed by atoms with Gasteiger partial charge in [-0.2, -0.15) is 0 Å². The van der Waals surface area contributed by atoms with Gasteiger partial charge in [0.05, 0.1) is 10.8 Å². The summed E-state index contributed by atoms with van der Waals surface area (Å²) < 4.78 is 13.9. The zero-order chi connectivity index (χ0) is 79.5. The molecule has 0 saturated carbocycles. The summed E-state index contributed by atoms with van der Waals surface area (Å²) in [5.74, 6) is 0. The number of anilines is 6. The van der Waals surface area contributed by atoms with Crippen LogP contribution in [0.15, 0.2) is 482 Å². The molecule has 0 unspecified atom stereocenters. The number of fused-ring (bicyclic) bond motifs is 12. The maximum absolute atomic E-state index is 6.99. The topological polar surface area (TPSA) is 32.8 Å². The first-order valence-corrected chi connectivity index (χ1v) is 41.2. The Morgan fingerprint density at radius 2 is 0.375 bits per heavy atom. The molecular formula is C116H78N2O2. The number of furan rings is 2. The third-order valence-corrected chi connectivity index (χ3v) is 24.7. The van der Waals surface area contributed by atoms with Gasteiger partial charge >= 0.3 is 0 Å². The Morgan fingerprint density at radius 3 is 0.700 bits per heavy atom. The maximum Gasteiger partial charge on any atom is 0.137 e. The van der Waals surface area contributed by atoms with E-state index < -0.39 is 10.8 Å². The van der Waals surface area contributed by atoms with Crippen LogP contribution < -0.4 is 9.80 Å². The number of benzene rings is 19. The number of hydrogen-bond donors (Lipinski definition) is 0. The van der Waals surface area contributed by atoms with Crippen LogP contribution >= 0.6 is 0 Å². The summed E-state index contributed by atoms with van der Waals surface area (Å²) in [7, 11) is 0. The maximum atomic E-state index is 6.99. The monoisotopic (exact) mass is 1530 g/mol. The second-order valence-corrected chi connectivity index (χ2v) is 31.3. The number of nitrogens with zero attached hydrogens (tertiary/aromatic N) is 2. The molecule has 2 aromatic heterocycles. The van der Waals surface area contributed by atoms with E-state index >= 15 is 0 Å². The molecule has 0 fully saturated rings. The van der Waals surface area contributed by atoms with Gasteiger partial charge in [0.25, 0.3) is 0 Å². The highest BCUT2D eigenvalue weighted by Crippen LogP contribution is 2.59. The van der Waals surface area contributed by atoms with E-state index in [2.05, 4.69) is 483 Å². The van der Waals surface area contributed by atoms with Gasteiger partial charge < -0.3 is 18.6 Å². The molecule has 0 aliphatic heterocycles. The van der Waals surface area contributed by atoms with Gasteiger partial charge in [0.1, 0.15) is 22.3 Å².